The SMILES string of the molecule is CCOc1cc([C@@H]2NC(=O)NC(C)=C2C(=O)OC)ccc1OC[C@H](O)N/N=C/[C@@H]1C(=O)NC(=S)N(c2ccc(C)c(C)c2)C1=O. The van der Waals surface area contributed by atoms with Gasteiger partial charge in [-0.15, -0.1) is 0 Å². The molecule has 4 amide bonds. The molecule has 238 valence electrons. The number of esters is 1. The zero-order chi connectivity index (χ0) is 32.8. The van der Waals surface area contributed by atoms with Gasteiger partial charge in [-0.3, -0.25) is 19.9 Å². The number of urea groups is 1. The van der Waals surface area contributed by atoms with E-state index in [9.17, 15) is 24.3 Å². The zero-order valence-corrected chi connectivity index (χ0v) is 26.1. The van der Waals surface area contributed by atoms with Crippen LogP contribution in [0, 0.1) is 19.8 Å². The summed E-state index contributed by atoms with van der Waals surface area (Å²) in [5.74, 6) is -2.56. The first kappa shape index (κ1) is 32.9. The Morgan fingerprint density at radius 2 is 1.84 bits per heavy atom. The molecule has 0 spiro atoms. The summed E-state index contributed by atoms with van der Waals surface area (Å²) >= 11 is 5.24. The topological polar surface area (TPSA) is 180 Å². The predicted octanol–water partition coefficient (Wildman–Crippen LogP) is 1.84. The van der Waals surface area contributed by atoms with Crippen LogP contribution in [0.5, 0.6) is 11.5 Å². The fraction of sp³-hybridized carbons (Fsp3) is 0.333. The third-order valence-electron chi connectivity index (χ3n) is 7.07. The lowest BCUT2D eigenvalue weighted by Crippen LogP contribution is -2.58. The van der Waals surface area contributed by atoms with Crippen LogP contribution < -0.4 is 35.7 Å². The number of thiocarbonyl (C=S) groups is 1. The molecule has 0 radical (unpaired) electrons. The van der Waals surface area contributed by atoms with E-state index in [0.29, 0.717) is 22.7 Å². The highest BCUT2D eigenvalue weighted by molar-refractivity contribution is 7.80. The van der Waals surface area contributed by atoms with Crippen molar-refractivity contribution in [3.05, 3.63) is 64.4 Å². The van der Waals surface area contributed by atoms with Gasteiger partial charge in [0, 0.05) is 11.9 Å². The molecule has 2 aliphatic heterocycles. The van der Waals surface area contributed by atoms with Crippen molar-refractivity contribution in [3.63, 3.8) is 0 Å². The number of hydrogen-bond acceptors (Lipinski definition) is 11. The molecule has 2 aliphatic rings. The Labute approximate surface area is 264 Å². The summed E-state index contributed by atoms with van der Waals surface area (Å²) in [6, 6.07) is 8.93. The minimum absolute atomic E-state index is 0.0365. The van der Waals surface area contributed by atoms with Crippen LogP contribution in [0.15, 0.2) is 52.8 Å². The van der Waals surface area contributed by atoms with Crippen LogP contribution in [0.1, 0.15) is 36.6 Å². The number of nitrogens with zero attached hydrogens (tertiary/aromatic N) is 2. The molecule has 2 aromatic carbocycles. The molecule has 45 heavy (non-hydrogen) atoms. The van der Waals surface area contributed by atoms with Gasteiger partial charge in [-0.05, 0) is 80.9 Å². The summed E-state index contributed by atoms with van der Waals surface area (Å²) < 4.78 is 16.4. The smallest absolute Gasteiger partial charge is 0.337 e. The van der Waals surface area contributed by atoms with Gasteiger partial charge >= 0.3 is 12.0 Å². The maximum absolute atomic E-state index is 13.2. The van der Waals surface area contributed by atoms with Gasteiger partial charge in [0.25, 0.3) is 5.91 Å². The van der Waals surface area contributed by atoms with E-state index in [4.69, 9.17) is 26.4 Å². The molecule has 0 aliphatic carbocycles. The Bertz CT molecular complexity index is 1590. The second kappa shape index (κ2) is 14.2. The van der Waals surface area contributed by atoms with Crippen molar-refractivity contribution in [1.82, 2.24) is 21.4 Å². The molecule has 5 N–H and O–H groups in total. The van der Waals surface area contributed by atoms with Crippen LogP contribution in [0.2, 0.25) is 0 Å². The van der Waals surface area contributed by atoms with Crippen LogP contribution in [-0.2, 0) is 19.1 Å². The number of carbonyl (C=O) groups is 4. The molecule has 2 heterocycles. The number of aryl methyl sites for hydroxylation is 2. The third-order valence-corrected chi connectivity index (χ3v) is 7.35. The van der Waals surface area contributed by atoms with E-state index in [2.05, 4.69) is 26.5 Å². The van der Waals surface area contributed by atoms with Crippen LogP contribution in [0.25, 0.3) is 0 Å². The number of aliphatic hydroxyl groups is 1. The Kier molecular flexibility index (Phi) is 10.4. The fourth-order valence-corrected chi connectivity index (χ4v) is 4.95. The normalized spacial score (nSPS) is 19.1. The number of carbonyl (C=O) groups excluding carboxylic acids is 4. The number of anilines is 1. The molecule has 0 bridgehead atoms. The molecular formula is C30H34N6O8S. The first-order valence-electron chi connectivity index (χ1n) is 13.9. The molecule has 1 fully saturated rings. The Morgan fingerprint density at radius 3 is 2.53 bits per heavy atom. The van der Waals surface area contributed by atoms with E-state index in [-0.39, 0.29) is 29.6 Å². The lowest BCUT2D eigenvalue weighted by Gasteiger charge is -2.31. The van der Waals surface area contributed by atoms with Crippen molar-refractivity contribution >= 4 is 53.0 Å². The van der Waals surface area contributed by atoms with Crippen LogP contribution >= 0.6 is 12.2 Å². The summed E-state index contributed by atoms with van der Waals surface area (Å²) in [7, 11) is 1.25. The van der Waals surface area contributed by atoms with Gasteiger partial charge in [-0.2, -0.15) is 5.10 Å². The molecule has 3 atom stereocenters. The van der Waals surface area contributed by atoms with Crippen molar-refractivity contribution in [2.75, 3.05) is 25.2 Å². The van der Waals surface area contributed by atoms with Gasteiger partial charge in [-0.25, -0.2) is 9.59 Å². The summed E-state index contributed by atoms with van der Waals surface area (Å²) in [5.41, 5.74) is 6.06. The molecule has 4 rings (SSSR count). The van der Waals surface area contributed by atoms with Crippen LogP contribution in [-0.4, -0.2) is 66.8 Å². The van der Waals surface area contributed by atoms with E-state index in [0.717, 1.165) is 17.3 Å². The highest BCUT2D eigenvalue weighted by Crippen LogP contribution is 2.35. The average molecular weight is 639 g/mol. The highest BCUT2D eigenvalue weighted by Gasteiger charge is 2.38. The zero-order valence-electron chi connectivity index (χ0n) is 25.3. The quantitative estimate of drug-likeness (QED) is 0.0609. The molecule has 14 nitrogen and oxygen atoms in total. The molecule has 0 unspecified atom stereocenters. The van der Waals surface area contributed by atoms with Crippen LogP contribution in [0.3, 0.4) is 0 Å². The largest absolute Gasteiger partial charge is 0.490 e. The number of nitrogens with one attached hydrogen (secondary N) is 4. The van der Waals surface area contributed by atoms with Gasteiger partial charge in [0.15, 0.2) is 28.8 Å². The second-order valence-electron chi connectivity index (χ2n) is 10.1. The Balaban J connectivity index is 1.42. The first-order chi connectivity index (χ1) is 21.4. The maximum atomic E-state index is 13.2. The van der Waals surface area contributed by atoms with Gasteiger partial charge < -0.3 is 35.3 Å². The fourth-order valence-electron chi connectivity index (χ4n) is 4.66. The van der Waals surface area contributed by atoms with Crippen LogP contribution in [0.4, 0.5) is 10.5 Å². The van der Waals surface area contributed by atoms with Crippen molar-refractivity contribution < 1.29 is 38.5 Å². The minimum atomic E-state index is -1.34. The molecule has 15 heteroatoms. The first-order valence-corrected chi connectivity index (χ1v) is 14.3. The molecule has 0 saturated carbocycles. The highest BCUT2D eigenvalue weighted by atomic mass is 32.1. The minimum Gasteiger partial charge on any atom is -0.490 e. The molecule has 0 aromatic heterocycles. The van der Waals surface area contributed by atoms with Gasteiger partial charge in [-0.1, -0.05) is 12.1 Å². The van der Waals surface area contributed by atoms with Crippen molar-refractivity contribution in [2.24, 2.45) is 11.0 Å². The number of hydrazone groups is 1. The molecular weight excluding hydrogens is 604 g/mol. The molecule has 1 saturated heterocycles. The number of methoxy groups -OCH3 is 1. The van der Waals surface area contributed by atoms with Crippen molar-refractivity contribution in [3.8, 4) is 11.5 Å². The number of amides is 4. The standard InChI is InChI=1S/C30H34N6O8S/c1-6-43-22-12-18(25-24(28(40)42-5)17(4)32-29(41)33-25)8-10-21(22)44-14-23(37)35-31-13-20-26(38)34-30(45)36(27(20)39)19-9-7-15(2)16(3)11-19/h7-13,20,23,25,35,37H,6,14H2,1-5H3,(H2,32,33,41)(H,34,38,45)/b31-13+/t20-,23+,25+/m1/s1. The van der Waals surface area contributed by atoms with Gasteiger partial charge in [0.1, 0.15) is 6.61 Å². The second-order valence-corrected chi connectivity index (χ2v) is 10.5. The summed E-state index contributed by atoms with van der Waals surface area (Å²) in [5, 5.41) is 22.1. The monoisotopic (exact) mass is 638 g/mol. The van der Waals surface area contributed by atoms with E-state index < -0.39 is 42.0 Å². The lowest BCUT2D eigenvalue weighted by molar-refractivity contribution is -0.136. The number of aliphatic hydroxyl groups excluding tert-OH is 1. The lowest BCUT2D eigenvalue weighted by atomic mass is 9.95. The molecule has 2 aromatic rings. The van der Waals surface area contributed by atoms with Crippen molar-refractivity contribution in [2.45, 2.75) is 40.0 Å². The Morgan fingerprint density at radius 1 is 1.09 bits per heavy atom. The maximum Gasteiger partial charge on any atom is 0.337 e. The summed E-state index contributed by atoms with van der Waals surface area (Å²) in [6.45, 7) is 7.20. The van der Waals surface area contributed by atoms with E-state index >= 15 is 0 Å². The predicted molar refractivity (Wildman–Crippen MR) is 167 cm³/mol. The van der Waals surface area contributed by atoms with E-state index in [1.54, 1.807) is 44.2 Å². The number of benzene rings is 2. The number of allylic oxidation sites excluding steroid dienone is 1. The Hall–Kier alpha value is -5.02. The van der Waals surface area contributed by atoms with E-state index in [1.807, 2.05) is 19.9 Å². The number of ether oxygens (including phenoxy) is 3. The summed E-state index contributed by atoms with van der Waals surface area (Å²) in [6.07, 6.45) is -0.256. The van der Waals surface area contributed by atoms with Crippen molar-refractivity contribution in [1.29, 1.82) is 0 Å². The third kappa shape index (κ3) is 7.38. The number of rotatable bonds is 11. The van der Waals surface area contributed by atoms with E-state index in [1.165, 1.54) is 12.0 Å². The average Bonchev–Trinajstić information content (AvgIpc) is 2.99. The summed E-state index contributed by atoms with van der Waals surface area (Å²) in [4.78, 5) is 51.5. The number of hydrogen-bond donors (Lipinski definition) is 5. The van der Waals surface area contributed by atoms with Gasteiger partial charge in [0.05, 0.1) is 31.0 Å². The van der Waals surface area contributed by atoms with Gasteiger partial charge in [0.2, 0.25) is 5.91 Å².